The molecule has 136 valence electrons. The van der Waals surface area contributed by atoms with E-state index in [1.165, 1.54) is 22.7 Å². The first-order valence-corrected chi connectivity index (χ1v) is 10.8. The van der Waals surface area contributed by atoms with Crippen LogP contribution >= 0.6 is 50.2 Å². The van der Waals surface area contributed by atoms with Crippen molar-refractivity contribution in [1.82, 2.24) is 9.97 Å². The lowest BCUT2D eigenvalue weighted by Gasteiger charge is -2.19. The highest BCUT2D eigenvalue weighted by atomic mass is 79.9. The Morgan fingerprint density at radius 1 is 1.19 bits per heavy atom. The second kappa shape index (κ2) is 7.67. The van der Waals surface area contributed by atoms with Crippen molar-refractivity contribution in [2.45, 2.75) is 13.5 Å². The standard InChI is InChI=1S/C19H13BrClN3OS2/c1-11-8-13(21)9-15-17(11)23-19(27-15)24(10-12-4-6-22-7-5-12)18(25)14-2-3-16(20)26-14/h2-9H,10H2,1H3. The number of thiazole rings is 1. The summed E-state index contributed by atoms with van der Waals surface area (Å²) in [4.78, 5) is 24.4. The highest BCUT2D eigenvalue weighted by molar-refractivity contribution is 9.11. The molecule has 0 spiro atoms. The van der Waals surface area contributed by atoms with Gasteiger partial charge in [-0.3, -0.25) is 14.7 Å². The van der Waals surface area contributed by atoms with Crippen LogP contribution in [0.3, 0.4) is 0 Å². The van der Waals surface area contributed by atoms with Crippen LogP contribution in [0.2, 0.25) is 5.02 Å². The van der Waals surface area contributed by atoms with E-state index < -0.39 is 0 Å². The van der Waals surface area contributed by atoms with Crippen LogP contribution < -0.4 is 4.90 Å². The number of carbonyl (C=O) groups is 1. The van der Waals surface area contributed by atoms with E-state index in [2.05, 4.69) is 20.9 Å². The van der Waals surface area contributed by atoms with Crippen LogP contribution in [0.15, 0.2) is 52.6 Å². The average Bonchev–Trinajstić information content (AvgIpc) is 3.26. The summed E-state index contributed by atoms with van der Waals surface area (Å²) in [7, 11) is 0. The SMILES string of the molecule is Cc1cc(Cl)cc2sc(N(Cc3ccncc3)C(=O)c3ccc(Br)s3)nc12. The third-order valence-corrected chi connectivity index (χ3v) is 6.84. The molecule has 0 aliphatic rings. The van der Waals surface area contributed by atoms with Crippen LogP contribution in [0.25, 0.3) is 10.2 Å². The van der Waals surface area contributed by atoms with Crippen molar-refractivity contribution in [2.75, 3.05) is 4.90 Å². The first-order chi connectivity index (χ1) is 13.0. The maximum Gasteiger partial charge on any atom is 0.270 e. The van der Waals surface area contributed by atoms with Crippen LogP contribution in [0.1, 0.15) is 20.8 Å². The number of rotatable bonds is 4. The first kappa shape index (κ1) is 18.6. The lowest BCUT2D eigenvalue weighted by Crippen LogP contribution is -2.29. The van der Waals surface area contributed by atoms with Crippen LogP contribution in [0.4, 0.5) is 5.13 Å². The molecule has 0 bridgehead atoms. The van der Waals surface area contributed by atoms with Gasteiger partial charge in [-0.05, 0) is 70.4 Å². The molecule has 0 saturated carbocycles. The number of hydrogen-bond donors (Lipinski definition) is 0. The minimum Gasteiger partial charge on any atom is -0.279 e. The number of hydrogen-bond acceptors (Lipinski definition) is 5. The Balaban J connectivity index is 1.79. The number of pyridine rings is 1. The molecule has 8 heteroatoms. The number of aromatic nitrogens is 2. The zero-order valence-corrected chi connectivity index (χ0v) is 18.1. The van der Waals surface area contributed by atoms with Gasteiger partial charge in [-0.1, -0.05) is 22.9 Å². The van der Waals surface area contributed by atoms with Gasteiger partial charge in [-0.2, -0.15) is 0 Å². The topological polar surface area (TPSA) is 46.1 Å². The van der Waals surface area contributed by atoms with E-state index in [0.29, 0.717) is 21.6 Å². The number of halogens is 2. The molecule has 0 N–H and O–H groups in total. The quantitative estimate of drug-likeness (QED) is 0.344. The fourth-order valence-corrected chi connectivity index (χ4v) is 5.47. The van der Waals surface area contributed by atoms with E-state index in [1.54, 1.807) is 17.3 Å². The number of thiophene rings is 1. The summed E-state index contributed by atoms with van der Waals surface area (Å²) < 4.78 is 1.89. The van der Waals surface area contributed by atoms with Gasteiger partial charge < -0.3 is 0 Å². The molecule has 27 heavy (non-hydrogen) atoms. The van der Waals surface area contributed by atoms with Crippen molar-refractivity contribution in [3.8, 4) is 0 Å². The Labute approximate surface area is 177 Å². The van der Waals surface area contributed by atoms with Gasteiger partial charge in [0.1, 0.15) is 0 Å². The van der Waals surface area contributed by atoms with E-state index in [4.69, 9.17) is 16.6 Å². The molecule has 0 fully saturated rings. The molecule has 0 aliphatic heterocycles. The molecule has 0 radical (unpaired) electrons. The van der Waals surface area contributed by atoms with Crippen molar-refractivity contribution in [3.63, 3.8) is 0 Å². The summed E-state index contributed by atoms with van der Waals surface area (Å²) in [5.74, 6) is -0.0784. The van der Waals surface area contributed by atoms with Gasteiger partial charge in [-0.15, -0.1) is 11.3 Å². The van der Waals surface area contributed by atoms with E-state index >= 15 is 0 Å². The zero-order valence-electron chi connectivity index (χ0n) is 14.1. The summed E-state index contributed by atoms with van der Waals surface area (Å²) >= 11 is 12.5. The molecular formula is C19H13BrClN3OS2. The van der Waals surface area contributed by atoms with Gasteiger partial charge in [-0.25, -0.2) is 4.98 Å². The maximum absolute atomic E-state index is 13.2. The molecule has 4 rings (SSSR count). The Hall–Kier alpha value is -1.80. The molecule has 0 aliphatic carbocycles. The van der Waals surface area contributed by atoms with Crippen molar-refractivity contribution < 1.29 is 4.79 Å². The Kier molecular flexibility index (Phi) is 5.27. The molecule has 4 aromatic rings. The van der Waals surface area contributed by atoms with Crippen molar-refractivity contribution in [3.05, 3.63) is 73.6 Å². The number of benzene rings is 1. The van der Waals surface area contributed by atoms with E-state index in [9.17, 15) is 4.79 Å². The molecular weight excluding hydrogens is 466 g/mol. The number of anilines is 1. The first-order valence-electron chi connectivity index (χ1n) is 8.04. The average molecular weight is 479 g/mol. The number of amides is 1. The summed E-state index contributed by atoms with van der Waals surface area (Å²) in [6.07, 6.45) is 3.45. The molecule has 3 heterocycles. The summed E-state index contributed by atoms with van der Waals surface area (Å²) in [5, 5.41) is 1.33. The second-order valence-electron chi connectivity index (χ2n) is 5.92. The fraction of sp³-hybridized carbons (Fsp3) is 0.105. The van der Waals surface area contributed by atoms with Gasteiger partial charge in [0.25, 0.3) is 5.91 Å². The predicted molar refractivity (Wildman–Crippen MR) is 116 cm³/mol. The second-order valence-corrected chi connectivity index (χ2v) is 9.82. The van der Waals surface area contributed by atoms with Gasteiger partial charge in [0.2, 0.25) is 0 Å². The third kappa shape index (κ3) is 3.91. The van der Waals surface area contributed by atoms with Crippen molar-refractivity contribution in [1.29, 1.82) is 0 Å². The number of aryl methyl sites for hydroxylation is 1. The molecule has 0 atom stereocenters. The molecule has 1 amide bonds. The molecule has 3 aromatic heterocycles. The van der Waals surface area contributed by atoms with E-state index in [1.807, 2.05) is 43.3 Å². The number of fused-ring (bicyclic) bond motifs is 1. The Bertz CT molecular complexity index is 1130. The van der Waals surface area contributed by atoms with Crippen LogP contribution in [0.5, 0.6) is 0 Å². The van der Waals surface area contributed by atoms with E-state index in [0.717, 1.165) is 25.1 Å². The van der Waals surface area contributed by atoms with Gasteiger partial charge in [0, 0.05) is 17.4 Å². The molecule has 0 unspecified atom stereocenters. The van der Waals surface area contributed by atoms with Crippen molar-refractivity contribution in [2.24, 2.45) is 0 Å². The lowest BCUT2D eigenvalue weighted by molar-refractivity contribution is 0.0989. The summed E-state index contributed by atoms with van der Waals surface area (Å²) in [5.41, 5.74) is 2.86. The van der Waals surface area contributed by atoms with Crippen LogP contribution in [0, 0.1) is 6.92 Å². The predicted octanol–water partition coefficient (Wildman–Crippen LogP) is 6.32. The molecule has 0 saturated heterocycles. The normalized spacial score (nSPS) is 11.1. The number of carbonyl (C=O) groups excluding carboxylic acids is 1. The number of nitrogens with zero attached hydrogens (tertiary/aromatic N) is 3. The van der Waals surface area contributed by atoms with Gasteiger partial charge >= 0.3 is 0 Å². The zero-order chi connectivity index (χ0) is 19.0. The van der Waals surface area contributed by atoms with Crippen molar-refractivity contribution >= 4 is 71.5 Å². The highest BCUT2D eigenvalue weighted by Gasteiger charge is 2.23. The Morgan fingerprint density at radius 2 is 1.96 bits per heavy atom. The maximum atomic E-state index is 13.2. The molecule has 4 nitrogen and oxygen atoms in total. The fourth-order valence-electron chi connectivity index (χ4n) is 2.72. The van der Waals surface area contributed by atoms with Crippen LogP contribution in [-0.4, -0.2) is 15.9 Å². The highest BCUT2D eigenvalue weighted by Crippen LogP contribution is 2.35. The van der Waals surface area contributed by atoms with Gasteiger partial charge in [0.15, 0.2) is 5.13 Å². The Morgan fingerprint density at radius 3 is 2.67 bits per heavy atom. The minimum absolute atomic E-state index is 0.0784. The smallest absolute Gasteiger partial charge is 0.270 e. The van der Waals surface area contributed by atoms with E-state index in [-0.39, 0.29) is 5.91 Å². The third-order valence-electron chi connectivity index (χ3n) is 3.99. The van der Waals surface area contributed by atoms with Crippen LogP contribution in [-0.2, 0) is 6.54 Å². The molecule has 1 aromatic carbocycles. The minimum atomic E-state index is -0.0784. The monoisotopic (exact) mass is 477 g/mol. The summed E-state index contributed by atoms with van der Waals surface area (Å²) in [6, 6.07) is 11.3. The largest absolute Gasteiger partial charge is 0.279 e. The van der Waals surface area contributed by atoms with Gasteiger partial charge in [0.05, 0.1) is 25.4 Å². The lowest BCUT2D eigenvalue weighted by atomic mass is 10.2. The summed E-state index contributed by atoms with van der Waals surface area (Å²) in [6.45, 7) is 2.40.